The molecular weight excluding hydrogens is 417 g/mol. The van der Waals surface area contributed by atoms with Crippen LogP contribution in [0.15, 0.2) is 42.7 Å². The number of benzene rings is 1. The Balaban J connectivity index is 1.26. The fourth-order valence-corrected chi connectivity index (χ4v) is 4.96. The van der Waals surface area contributed by atoms with Gasteiger partial charge in [0.25, 0.3) is 0 Å². The quantitative estimate of drug-likeness (QED) is 0.578. The van der Waals surface area contributed by atoms with E-state index in [0.29, 0.717) is 18.2 Å². The van der Waals surface area contributed by atoms with Crippen molar-refractivity contribution >= 4 is 30.1 Å². The number of aromatic nitrogens is 1. The van der Waals surface area contributed by atoms with E-state index < -0.39 is 30.1 Å². The molecule has 1 N–H and O–H groups in total. The van der Waals surface area contributed by atoms with Crippen molar-refractivity contribution in [2.24, 2.45) is 5.92 Å². The molecule has 2 bridgehead atoms. The van der Waals surface area contributed by atoms with Gasteiger partial charge in [0.05, 0.1) is 11.2 Å². The predicted molar refractivity (Wildman–Crippen MR) is 127 cm³/mol. The fraction of sp³-hybridized carbons (Fsp3) is 0.480. The SMILES string of the molecule is CC1(C)OB(c2cncc(-c3ccc(NC(=O)C(=O)N4CC5CCC4C5)cc3)c2)OC1(C)C. The normalized spacial score (nSPS) is 24.8. The van der Waals surface area contributed by atoms with Gasteiger partial charge in [0.1, 0.15) is 0 Å². The molecule has 1 aromatic carbocycles. The molecule has 2 aromatic rings. The summed E-state index contributed by atoms with van der Waals surface area (Å²) >= 11 is 0. The number of carbonyl (C=O) groups excluding carboxylic acids is 2. The number of hydrogen-bond acceptors (Lipinski definition) is 5. The first-order valence-electron chi connectivity index (χ1n) is 11.7. The van der Waals surface area contributed by atoms with Crippen molar-refractivity contribution in [2.75, 3.05) is 11.9 Å². The van der Waals surface area contributed by atoms with E-state index >= 15 is 0 Å². The Morgan fingerprint density at radius 2 is 1.73 bits per heavy atom. The number of likely N-dealkylation sites (tertiary alicyclic amines) is 1. The van der Waals surface area contributed by atoms with Crippen molar-refractivity contribution in [1.82, 2.24) is 9.88 Å². The fourth-order valence-electron chi connectivity index (χ4n) is 4.96. The van der Waals surface area contributed by atoms with E-state index in [4.69, 9.17) is 9.31 Å². The van der Waals surface area contributed by atoms with Crippen molar-refractivity contribution in [1.29, 1.82) is 0 Å². The standard InChI is InChI=1S/C25H30BN3O4/c1-24(2)25(3,4)33-26(32-24)19-12-18(13-27-14-19)17-6-8-20(9-7-17)28-22(30)23(31)29-15-16-5-10-21(29)11-16/h6-9,12-14,16,21H,5,10-11,15H2,1-4H3,(H,28,30). The smallest absolute Gasteiger partial charge is 0.399 e. The van der Waals surface area contributed by atoms with Crippen LogP contribution < -0.4 is 10.8 Å². The minimum absolute atomic E-state index is 0.236. The largest absolute Gasteiger partial charge is 0.496 e. The molecule has 3 heterocycles. The molecule has 2 unspecified atom stereocenters. The Morgan fingerprint density at radius 3 is 2.33 bits per heavy atom. The van der Waals surface area contributed by atoms with Gasteiger partial charge in [-0.05, 0) is 76.1 Å². The number of nitrogens with zero attached hydrogens (tertiary/aromatic N) is 2. The molecule has 8 heteroatoms. The second kappa shape index (κ2) is 7.96. The summed E-state index contributed by atoms with van der Waals surface area (Å²) in [6, 6.07) is 9.66. The highest BCUT2D eigenvalue weighted by molar-refractivity contribution is 6.62. The van der Waals surface area contributed by atoms with Crippen LogP contribution in [0.4, 0.5) is 5.69 Å². The van der Waals surface area contributed by atoms with Crippen LogP contribution in [-0.2, 0) is 18.9 Å². The van der Waals surface area contributed by atoms with E-state index in [1.54, 1.807) is 29.4 Å². The molecule has 3 aliphatic rings. The number of anilines is 1. The Kier molecular flexibility index (Phi) is 5.33. The summed E-state index contributed by atoms with van der Waals surface area (Å²) in [5, 5.41) is 2.75. The highest BCUT2D eigenvalue weighted by atomic mass is 16.7. The predicted octanol–water partition coefficient (Wildman–Crippen LogP) is 3.00. The van der Waals surface area contributed by atoms with Crippen LogP contribution in [0.5, 0.6) is 0 Å². The maximum Gasteiger partial charge on any atom is 0.496 e. The topological polar surface area (TPSA) is 80.8 Å². The lowest BCUT2D eigenvalue weighted by Crippen LogP contribution is -2.44. The van der Waals surface area contributed by atoms with Crippen molar-refractivity contribution in [3.05, 3.63) is 42.7 Å². The molecule has 2 aliphatic heterocycles. The number of fused-ring (bicyclic) bond motifs is 2. The lowest BCUT2D eigenvalue weighted by atomic mass is 9.79. The number of hydrogen-bond donors (Lipinski definition) is 1. The Morgan fingerprint density at radius 1 is 1.03 bits per heavy atom. The molecule has 1 aliphatic carbocycles. The first-order chi connectivity index (χ1) is 15.6. The maximum atomic E-state index is 12.6. The molecule has 3 fully saturated rings. The van der Waals surface area contributed by atoms with Gasteiger partial charge in [-0.1, -0.05) is 18.2 Å². The van der Waals surface area contributed by atoms with Crippen LogP contribution in [0.2, 0.25) is 0 Å². The highest BCUT2D eigenvalue weighted by Gasteiger charge is 2.51. The van der Waals surface area contributed by atoms with Crippen molar-refractivity contribution in [2.45, 2.75) is 64.2 Å². The molecule has 2 amide bonds. The molecule has 33 heavy (non-hydrogen) atoms. The van der Waals surface area contributed by atoms with Gasteiger partial charge in [-0.15, -0.1) is 0 Å². The first-order valence-corrected chi connectivity index (χ1v) is 11.7. The van der Waals surface area contributed by atoms with Crippen molar-refractivity contribution in [3.63, 3.8) is 0 Å². The van der Waals surface area contributed by atoms with Crippen LogP contribution in [0.25, 0.3) is 11.1 Å². The monoisotopic (exact) mass is 447 g/mol. The number of amides is 2. The Bertz CT molecular complexity index is 1070. The number of piperidine rings is 1. The third kappa shape index (κ3) is 4.06. The van der Waals surface area contributed by atoms with Gasteiger partial charge in [-0.3, -0.25) is 14.6 Å². The minimum Gasteiger partial charge on any atom is -0.399 e. The van der Waals surface area contributed by atoms with Gasteiger partial charge >= 0.3 is 18.9 Å². The van der Waals surface area contributed by atoms with Crippen LogP contribution in [0.1, 0.15) is 47.0 Å². The summed E-state index contributed by atoms with van der Waals surface area (Å²) < 4.78 is 12.3. The number of nitrogens with one attached hydrogen (secondary N) is 1. The zero-order valence-corrected chi connectivity index (χ0v) is 19.6. The van der Waals surface area contributed by atoms with Crippen molar-refractivity contribution < 1.29 is 18.9 Å². The molecule has 7 nitrogen and oxygen atoms in total. The molecular formula is C25H30BN3O4. The van der Waals surface area contributed by atoms with Crippen LogP contribution >= 0.6 is 0 Å². The third-order valence-corrected chi connectivity index (χ3v) is 7.63. The molecule has 1 saturated carbocycles. The summed E-state index contributed by atoms with van der Waals surface area (Å²) in [4.78, 5) is 31.2. The highest BCUT2D eigenvalue weighted by Crippen LogP contribution is 2.38. The van der Waals surface area contributed by atoms with Gasteiger partial charge in [0, 0.05) is 36.1 Å². The van der Waals surface area contributed by atoms with Gasteiger partial charge in [0.15, 0.2) is 0 Å². The minimum atomic E-state index is -0.570. The zero-order valence-electron chi connectivity index (χ0n) is 19.6. The molecule has 1 aromatic heterocycles. The van der Waals surface area contributed by atoms with Crippen LogP contribution in [-0.4, -0.2) is 52.6 Å². The summed E-state index contributed by atoms with van der Waals surface area (Å²) in [5.41, 5.74) is 2.48. The van der Waals surface area contributed by atoms with E-state index in [1.807, 2.05) is 45.9 Å². The molecule has 0 spiro atoms. The van der Waals surface area contributed by atoms with Crippen LogP contribution in [0, 0.1) is 5.92 Å². The second-order valence-electron chi connectivity index (χ2n) is 10.4. The third-order valence-electron chi connectivity index (χ3n) is 7.63. The average Bonchev–Trinajstić information content (AvgIpc) is 3.47. The summed E-state index contributed by atoms with van der Waals surface area (Å²) in [6.45, 7) is 8.81. The first kappa shape index (κ1) is 22.1. The molecule has 2 saturated heterocycles. The van der Waals surface area contributed by atoms with Gasteiger partial charge in [0.2, 0.25) is 0 Å². The number of rotatable bonds is 3. The molecule has 5 rings (SSSR count). The Labute approximate surface area is 195 Å². The molecule has 172 valence electrons. The molecule has 2 atom stereocenters. The van der Waals surface area contributed by atoms with Crippen LogP contribution in [0.3, 0.4) is 0 Å². The second-order valence-corrected chi connectivity index (χ2v) is 10.4. The van der Waals surface area contributed by atoms with E-state index in [1.165, 1.54) is 6.42 Å². The van der Waals surface area contributed by atoms with E-state index in [9.17, 15) is 9.59 Å². The zero-order chi connectivity index (χ0) is 23.4. The summed E-state index contributed by atoms with van der Waals surface area (Å²) in [7, 11) is -0.479. The number of carbonyl (C=O) groups is 2. The van der Waals surface area contributed by atoms with E-state index in [-0.39, 0.29) is 6.04 Å². The lowest BCUT2D eigenvalue weighted by molar-refractivity contribution is -0.144. The van der Waals surface area contributed by atoms with Gasteiger partial charge in [-0.25, -0.2) is 0 Å². The molecule has 0 radical (unpaired) electrons. The lowest BCUT2D eigenvalue weighted by Gasteiger charge is -2.32. The van der Waals surface area contributed by atoms with Crippen molar-refractivity contribution in [3.8, 4) is 11.1 Å². The summed E-state index contributed by atoms with van der Waals surface area (Å²) in [6.07, 6.45) is 6.76. The number of pyridine rings is 1. The maximum absolute atomic E-state index is 12.6. The van der Waals surface area contributed by atoms with E-state index in [0.717, 1.165) is 29.4 Å². The average molecular weight is 447 g/mol. The summed E-state index contributed by atoms with van der Waals surface area (Å²) in [5.74, 6) is -0.433. The van der Waals surface area contributed by atoms with E-state index in [2.05, 4.69) is 10.3 Å². The van der Waals surface area contributed by atoms with Gasteiger partial charge in [-0.2, -0.15) is 0 Å². The Hall–Kier alpha value is -2.71. The van der Waals surface area contributed by atoms with Gasteiger partial charge < -0.3 is 19.5 Å².